The zero-order valence-corrected chi connectivity index (χ0v) is 11.0. The molecular weight excluding hydrogens is 228 g/mol. The molecule has 0 bridgehead atoms. The maximum Gasteiger partial charge on any atom is 0.269 e. The van der Waals surface area contributed by atoms with Gasteiger partial charge in [0.15, 0.2) is 0 Å². The Balaban J connectivity index is 2.02. The number of piperidine rings is 1. The van der Waals surface area contributed by atoms with Crippen LogP contribution in [-0.4, -0.2) is 48.0 Å². The molecule has 1 amide bonds. The van der Waals surface area contributed by atoms with Gasteiger partial charge in [0.05, 0.1) is 0 Å². The van der Waals surface area contributed by atoms with Gasteiger partial charge in [-0.25, -0.2) is 9.97 Å². The molecule has 2 rings (SSSR count). The fraction of sp³-hybridized carbons (Fsp3) is 0.615. The maximum absolute atomic E-state index is 11.5. The molecule has 0 radical (unpaired) electrons. The Morgan fingerprint density at radius 1 is 1.56 bits per heavy atom. The van der Waals surface area contributed by atoms with Crippen LogP contribution in [0.15, 0.2) is 12.4 Å². The predicted octanol–water partition coefficient (Wildman–Crippen LogP) is 0.720. The second kappa shape index (κ2) is 5.91. The summed E-state index contributed by atoms with van der Waals surface area (Å²) < 4.78 is 0. The van der Waals surface area contributed by atoms with Crippen molar-refractivity contribution >= 4 is 5.91 Å². The van der Waals surface area contributed by atoms with Crippen LogP contribution in [0.25, 0.3) is 0 Å². The fourth-order valence-corrected chi connectivity index (χ4v) is 2.50. The third kappa shape index (κ3) is 3.26. The van der Waals surface area contributed by atoms with Crippen LogP contribution >= 0.6 is 0 Å². The lowest BCUT2D eigenvalue weighted by Gasteiger charge is -2.29. The molecule has 1 aromatic heterocycles. The van der Waals surface area contributed by atoms with E-state index in [2.05, 4.69) is 27.2 Å². The first-order valence-electron chi connectivity index (χ1n) is 6.40. The summed E-state index contributed by atoms with van der Waals surface area (Å²) in [5.74, 6) is 0.482. The molecule has 1 aliphatic rings. The molecule has 98 valence electrons. The Hall–Kier alpha value is -1.49. The zero-order chi connectivity index (χ0) is 13.0. The molecular formula is C13H20N4O. The first-order valence-corrected chi connectivity index (χ1v) is 6.40. The summed E-state index contributed by atoms with van der Waals surface area (Å²) in [5.41, 5.74) is 1.41. The van der Waals surface area contributed by atoms with Gasteiger partial charge in [0.2, 0.25) is 0 Å². The normalized spacial score (nSPS) is 20.7. The number of nitrogens with zero attached hydrogens (tertiary/aromatic N) is 3. The summed E-state index contributed by atoms with van der Waals surface area (Å²) in [7, 11) is 3.77. The quantitative estimate of drug-likeness (QED) is 0.856. The van der Waals surface area contributed by atoms with Crippen molar-refractivity contribution in [2.75, 3.05) is 27.2 Å². The molecule has 0 saturated carbocycles. The number of likely N-dealkylation sites (tertiary alicyclic amines) is 1. The number of aromatic nitrogens is 2. The van der Waals surface area contributed by atoms with Gasteiger partial charge in [-0.3, -0.25) is 4.79 Å². The molecule has 0 aliphatic carbocycles. The molecule has 1 saturated heterocycles. The SMILES string of the molecule is CNC(=O)c1cc(CC2CCCN(C)C2)ncn1. The van der Waals surface area contributed by atoms with E-state index < -0.39 is 0 Å². The Morgan fingerprint density at radius 2 is 2.39 bits per heavy atom. The summed E-state index contributed by atoms with van der Waals surface area (Å²) in [5, 5.41) is 2.58. The molecule has 2 heterocycles. The van der Waals surface area contributed by atoms with Crippen molar-refractivity contribution in [1.29, 1.82) is 0 Å². The topological polar surface area (TPSA) is 58.1 Å². The number of rotatable bonds is 3. The van der Waals surface area contributed by atoms with Crippen molar-refractivity contribution in [1.82, 2.24) is 20.2 Å². The van der Waals surface area contributed by atoms with Crippen LogP contribution in [0.2, 0.25) is 0 Å². The van der Waals surface area contributed by atoms with E-state index in [1.165, 1.54) is 25.7 Å². The number of nitrogens with one attached hydrogen (secondary N) is 1. The van der Waals surface area contributed by atoms with Crippen LogP contribution in [0.4, 0.5) is 0 Å². The van der Waals surface area contributed by atoms with Crippen molar-refractivity contribution in [3.05, 3.63) is 23.8 Å². The largest absolute Gasteiger partial charge is 0.354 e. The lowest BCUT2D eigenvalue weighted by Crippen LogP contribution is -2.33. The third-order valence-electron chi connectivity index (χ3n) is 3.40. The Labute approximate surface area is 108 Å². The van der Waals surface area contributed by atoms with Gasteiger partial charge in [-0.1, -0.05) is 0 Å². The Bertz CT molecular complexity index is 421. The standard InChI is InChI=1S/C13H20N4O/c1-14-13(18)12-7-11(15-9-16-12)6-10-4-3-5-17(2)8-10/h7,9-10H,3-6,8H2,1-2H3,(H,14,18). The lowest BCUT2D eigenvalue weighted by molar-refractivity contribution is 0.0957. The van der Waals surface area contributed by atoms with E-state index in [1.54, 1.807) is 13.1 Å². The predicted molar refractivity (Wildman–Crippen MR) is 69.3 cm³/mol. The highest BCUT2D eigenvalue weighted by atomic mass is 16.1. The Morgan fingerprint density at radius 3 is 3.11 bits per heavy atom. The molecule has 1 fully saturated rings. The molecule has 0 aromatic carbocycles. The number of hydrogen-bond donors (Lipinski definition) is 1. The average Bonchev–Trinajstić information content (AvgIpc) is 2.38. The fourth-order valence-electron chi connectivity index (χ4n) is 2.50. The highest BCUT2D eigenvalue weighted by molar-refractivity contribution is 5.91. The molecule has 5 nitrogen and oxygen atoms in total. The van der Waals surface area contributed by atoms with E-state index in [9.17, 15) is 4.79 Å². The van der Waals surface area contributed by atoms with E-state index in [1.807, 2.05) is 0 Å². The molecule has 0 spiro atoms. The molecule has 18 heavy (non-hydrogen) atoms. The van der Waals surface area contributed by atoms with E-state index >= 15 is 0 Å². The number of carbonyl (C=O) groups is 1. The molecule has 1 atom stereocenters. The number of carbonyl (C=O) groups excluding carboxylic acids is 1. The first kappa shape index (κ1) is 13.0. The summed E-state index contributed by atoms with van der Waals surface area (Å²) >= 11 is 0. The van der Waals surface area contributed by atoms with E-state index in [0.717, 1.165) is 18.7 Å². The van der Waals surface area contributed by atoms with Crippen LogP contribution in [-0.2, 0) is 6.42 Å². The minimum atomic E-state index is -0.153. The molecule has 5 heteroatoms. The van der Waals surface area contributed by atoms with Gasteiger partial charge in [-0.15, -0.1) is 0 Å². The van der Waals surface area contributed by atoms with Gasteiger partial charge in [-0.05, 0) is 44.8 Å². The van der Waals surface area contributed by atoms with Crippen molar-refractivity contribution < 1.29 is 4.79 Å². The van der Waals surface area contributed by atoms with Gasteiger partial charge in [-0.2, -0.15) is 0 Å². The summed E-state index contributed by atoms with van der Waals surface area (Å²) in [6.45, 7) is 2.29. The minimum absolute atomic E-state index is 0.153. The van der Waals surface area contributed by atoms with Crippen LogP contribution in [0.5, 0.6) is 0 Å². The third-order valence-corrected chi connectivity index (χ3v) is 3.40. The molecule has 1 aliphatic heterocycles. The van der Waals surface area contributed by atoms with Crippen molar-refractivity contribution in [3.8, 4) is 0 Å². The first-order chi connectivity index (χ1) is 8.69. The minimum Gasteiger partial charge on any atom is -0.354 e. The van der Waals surface area contributed by atoms with Gasteiger partial charge >= 0.3 is 0 Å². The number of hydrogen-bond acceptors (Lipinski definition) is 4. The van der Waals surface area contributed by atoms with Crippen LogP contribution < -0.4 is 5.32 Å². The van der Waals surface area contributed by atoms with Gasteiger partial charge in [0.1, 0.15) is 12.0 Å². The molecule has 1 N–H and O–H groups in total. The van der Waals surface area contributed by atoms with Crippen LogP contribution in [0, 0.1) is 5.92 Å². The molecule has 1 aromatic rings. The van der Waals surface area contributed by atoms with E-state index in [4.69, 9.17) is 0 Å². The van der Waals surface area contributed by atoms with Crippen molar-refractivity contribution in [2.45, 2.75) is 19.3 Å². The van der Waals surface area contributed by atoms with Gasteiger partial charge < -0.3 is 10.2 Å². The zero-order valence-electron chi connectivity index (χ0n) is 11.0. The summed E-state index contributed by atoms with van der Waals surface area (Å²) in [6, 6.07) is 1.80. The van der Waals surface area contributed by atoms with Crippen molar-refractivity contribution in [2.24, 2.45) is 5.92 Å². The van der Waals surface area contributed by atoms with Gasteiger partial charge in [0, 0.05) is 19.3 Å². The maximum atomic E-state index is 11.5. The molecule has 1 unspecified atom stereocenters. The van der Waals surface area contributed by atoms with Crippen LogP contribution in [0.3, 0.4) is 0 Å². The van der Waals surface area contributed by atoms with Crippen molar-refractivity contribution in [3.63, 3.8) is 0 Å². The second-order valence-corrected chi connectivity index (χ2v) is 4.95. The smallest absolute Gasteiger partial charge is 0.269 e. The summed E-state index contributed by atoms with van der Waals surface area (Å²) in [4.78, 5) is 22.1. The second-order valence-electron chi connectivity index (χ2n) is 4.95. The summed E-state index contributed by atoms with van der Waals surface area (Å²) in [6.07, 6.45) is 4.89. The highest BCUT2D eigenvalue weighted by Crippen LogP contribution is 2.19. The van der Waals surface area contributed by atoms with Crippen LogP contribution in [0.1, 0.15) is 29.0 Å². The number of amides is 1. The van der Waals surface area contributed by atoms with E-state index in [0.29, 0.717) is 11.6 Å². The highest BCUT2D eigenvalue weighted by Gasteiger charge is 2.18. The monoisotopic (exact) mass is 248 g/mol. The van der Waals surface area contributed by atoms with Gasteiger partial charge in [0.25, 0.3) is 5.91 Å². The van der Waals surface area contributed by atoms with E-state index in [-0.39, 0.29) is 5.91 Å². The Kier molecular flexibility index (Phi) is 4.25. The lowest BCUT2D eigenvalue weighted by atomic mass is 9.93. The average molecular weight is 248 g/mol.